The number of ether oxygens (including phenoxy) is 2. The standard InChI is InChI=1S/C19H32O4/c1-16(12-20)8-10-22-13-17-4-6-18(7-5-17)14-23-11-9-19(2,3)15-21/h4-7,16,20-21H,8-15H2,1-3H3. The molecule has 2 N–H and O–H groups in total. The van der Waals surface area contributed by atoms with Gasteiger partial charge >= 0.3 is 0 Å². The Bertz CT molecular complexity index is 414. The molecule has 0 aromatic heterocycles. The van der Waals surface area contributed by atoms with E-state index < -0.39 is 0 Å². The number of aliphatic hydroxyl groups is 2. The molecule has 0 fully saturated rings. The molecule has 1 atom stereocenters. The van der Waals surface area contributed by atoms with Gasteiger partial charge in [-0.15, -0.1) is 0 Å². The van der Waals surface area contributed by atoms with Crippen LogP contribution in [0.4, 0.5) is 0 Å². The minimum atomic E-state index is -0.0747. The highest BCUT2D eigenvalue weighted by molar-refractivity contribution is 5.21. The number of rotatable bonds is 12. The molecule has 23 heavy (non-hydrogen) atoms. The highest BCUT2D eigenvalue weighted by atomic mass is 16.5. The number of benzene rings is 1. The Hall–Kier alpha value is -0.940. The maximum Gasteiger partial charge on any atom is 0.0716 e. The Morgan fingerprint density at radius 1 is 0.957 bits per heavy atom. The second-order valence-corrected chi connectivity index (χ2v) is 7.07. The average molecular weight is 324 g/mol. The van der Waals surface area contributed by atoms with E-state index in [0.29, 0.717) is 32.3 Å². The van der Waals surface area contributed by atoms with Gasteiger partial charge in [-0.25, -0.2) is 0 Å². The van der Waals surface area contributed by atoms with Crippen molar-refractivity contribution in [3.63, 3.8) is 0 Å². The van der Waals surface area contributed by atoms with Crippen LogP contribution in [0.25, 0.3) is 0 Å². The van der Waals surface area contributed by atoms with E-state index in [1.807, 2.05) is 20.8 Å². The molecule has 1 aromatic carbocycles. The first-order valence-electron chi connectivity index (χ1n) is 8.42. The van der Waals surface area contributed by atoms with Crippen molar-refractivity contribution in [1.29, 1.82) is 0 Å². The van der Waals surface area contributed by atoms with Crippen LogP contribution in [0.3, 0.4) is 0 Å². The van der Waals surface area contributed by atoms with Crippen molar-refractivity contribution in [3.05, 3.63) is 35.4 Å². The summed E-state index contributed by atoms with van der Waals surface area (Å²) < 4.78 is 11.3. The van der Waals surface area contributed by atoms with Crippen LogP contribution in [-0.4, -0.2) is 36.6 Å². The first kappa shape index (κ1) is 20.1. The van der Waals surface area contributed by atoms with Gasteiger partial charge in [0.25, 0.3) is 0 Å². The molecule has 0 amide bonds. The third-order valence-corrected chi connectivity index (χ3v) is 3.98. The predicted octanol–water partition coefficient (Wildman–Crippen LogP) is 3.15. The normalized spacial score (nSPS) is 13.3. The second-order valence-electron chi connectivity index (χ2n) is 7.07. The van der Waals surface area contributed by atoms with Gasteiger partial charge in [0.1, 0.15) is 0 Å². The maximum atomic E-state index is 9.19. The first-order valence-corrected chi connectivity index (χ1v) is 8.42. The van der Waals surface area contributed by atoms with Gasteiger partial charge in [0, 0.05) is 26.4 Å². The first-order chi connectivity index (χ1) is 11.0. The molecule has 0 saturated carbocycles. The predicted molar refractivity (Wildman–Crippen MR) is 92.1 cm³/mol. The molecule has 0 aliphatic carbocycles. The van der Waals surface area contributed by atoms with Crippen molar-refractivity contribution in [2.45, 2.75) is 46.8 Å². The van der Waals surface area contributed by atoms with Crippen molar-refractivity contribution in [2.24, 2.45) is 11.3 Å². The molecule has 0 radical (unpaired) electrons. The zero-order valence-corrected chi connectivity index (χ0v) is 14.8. The third-order valence-electron chi connectivity index (χ3n) is 3.98. The van der Waals surface area contributed by atoms with E-state index in [9.17, 15) is 5.11 Å². The summed E-state index contributed by atoms with van der Waals surface area (Å²) in [5.41, 5.74) is 2.21. The molecule has 0 saturated heterocycles. The molecular weight excluding hydrogens is 292 g/mol. The zero-order chi connectivity index (χ0) is 17.1. The molecular formula is C19H32O4. The number of hydrogen-bond donors (Lipinski definition) is 2. The monoisotopic (exact) mass is 324 g/mol. The fourth-order valence-corrected chi connectivity index (χ4v) is 1.92. The minimum Gasteiger partial charge on any atom is -0.396 e. The summed E-state index contributed by atoms with van der Waals surface area (Å²) in [5, 5.41) is 18.1. The highest BCUT2D eigenvalue weighted by Gasteiger charge is 2.15. The van der Waals surface area contributed by atoms with Crippen LogP contribution in [0.5, 0.6) is 0 Å². The van der Waals surface area contributed by atoms with Crippen molar-refractivity contribution < 1.29 is 19.7 Å². The van der Waals surface area contributed by atoms with E-state index in [0.717, 1.165) is 24.0 Å². The van der Waals surface area contributed by atoms with Gasteiger partial charge in [-0.3, -0.25) is 0 Å². The Morgan fingerprint density at radius 3 is 1.96 bits per heavy atom. The molecule has 4 heteroatoms. The summed E-state index contributed by atoms with van der Waals surface area (Å²) in [6.45, 7) is 9.00. The van der Waals surface area contributed by atoms with Gasteiger partial charge in [0.05, 0.1) is 13.2 Å². The van der Waals surface area contributed by atoms with Gasteiger partial charge in [-0.1, -0.05) is 45.0 Å². The average Bonchev–Trinajstić information content (AvgIpc) is 2.56. The Kier molecular flexibility index (Phi) is 9.41. The van der Waals surface area contributed by atoms with Crippen LogP contribution < -0.4 is 0 Å². The molecule has 0 aliphatic rings. The summed E-state index contributed by atoms with van der Waals surface area (Å²) in [6.07, 6.45) is 1.73. The summed E-state index contributed by atoms with van der Waals surface area (Å²) in [7, 11) is 0. The summed E-state index contributed by atoms with van der Waals surface area (Å²) in [6, 6.07) is 8.25. The molecule has 1 rings (SSSR count). The largest absolute Gasteiger partial charge is 0.396 e. The molecule has 1 unspecified atom stereocenters. The van der Waals surface area contributed by atoms with E-state index >= 15 is 0 Å². The van der Waals surface area contributed by atoms with Crippen molar-refractivity contribution in [3.8, 4) is 0 Å². The van der Waals surface area contributed by atoms with Gasteiger partial charge in [0.15, 0.2) is 0 Å². The fraction of sp³-hybridized carbons (Fsp3) is 0.684. The minimum absolute atomic E-state index is 0.0747. The zero-order valence-electron chi connectivity index (χ0n) is 14.8. The van der Waals surface area contributed by atoms with Crippen molar-refractivity contribution >= 4 is 0 Å². The molecule has 0 heterocycles. The van der Waals surface area contributed by atoms with Crippen molar-refractivity contribution in [2.75, 3.05) is 26.4 Å². The third kappa shape index (κ3) is 9.06. The van der Waals surface area contributed by atoms with Crippen LogP contribution in [0.2, 0.25) is 0 Å². The van der Waals surface area contributed by atoms with E-state index in [1.54, 1.807) is 0 Å². The van der Waals surface area contributed by atoms with Gasteiger partial charge in [-0.05, 0) is 35.3 Å². The Balaban J connectivity index is 2.20. The van der Waals surface area contributed by atoms with E-state index in [2.05, 4.69) is 24.3 Å². The molecule has 4 nitrogen and oxygen atoms in total. The SMILES string of the molecule is CC(CO)CCOCc1ccc(COCCC(C)(C)CO)cc1. The van der Waals surface area contributed by atoms with Crippen LogP contribution in [0.1, 0.15) is 44.7 Å². The number of hydrogen-bond acceptors (Lipinski definition) is 4. The highest BCUT2D eigenvalue weighted by Crippen LogP contribution is 2.19. The lowest BCUT2D eigenvalue weighted by Gasteiger charge is -2.21. The number of aliphatic hydroxyl groups excluding tert-OH is 2. The van der Waals surface area contributed by atoms with Gasteiger partial charge in [0.2, 0.25) is 0 Å². The topological polar surface area (TPSA) is 58.9 Å². The van der Waals surface area contributed by atoms with Crippen LogP contribution in [-0.2, 0) is 22.7 Å². The van der Waals surface area contributed by atoms with Crippen molar-refractivity contribution in [1.82, 2.24) is 0 Å². The van der Waals surface area contributed by atoms with Crippen LogP contribution >= 0.6 is 0 Å². The lowest BCUT2D eigenvalue weighted by Crippen LogP contribution is -2.19. The van der Waals surface area contributed by atoms with E-state index in [1.165, 1.54) is 0 Å². The quantitative estimate of drug-likeness (QED) is 0.580. The van der Waals surface area contributed by atoms with Gasteiger partial charge < -0.3 is 19.7 Å². The molecule has 1 aromatic rings. The second kappa shape index (κ2) is 10.8. The molecule has 0 aliphatic heterocycles. The summed E-state index contributed by atoms with van der Waals surface area (Å²) in [5.74, 6) is 0.297. The molecule has 132 valence electrons. The lowest BCUT2D eigenvalue weighted by atomic mass is 9.91. The smallest absolute Gasteiger partial charge is 0.0716 e. The van der Waals surface area contributed by atoms with Crippen LogP contribution in [0.15, 0.2) is 24.3 Å². The molecule has 0 bridgehead atoms. The van der Waals surface area contributed by atoms with E-state index in [-0.39, 0.29) is 18.6 Å². The summed E-state index contributed by atoms with van der Waals surface area (Å²) in [4.78, 5) is 0. The van der Waals surface area contributed by atoms with Crippen LogP contribution in [0, 0.1) is 11.3 Å². The van der Waals surface area contributed by atoms with Gasteiger partial charge in [-0.2, -0.15) is 0 Å². The Labute approximate surface area is 140 Å². The summed E-state index contributed by atoms with van der Waals surface area (Å²) >= 11 is 0. The Morgan fingerprint density at radius 2 is 1.48 bits per heavy atom. The van der Waals surface area contributed by atoms with E-state index in [4.69, 9.17) is 14.6 Å². The maximum absolute atomic E-state index is 9.19. The molecule has 0 spiro atoms. The lowest BCUT2D eigenvalue weighted by molar-refractivity contribution is 0.0679. The fourth-order valence-electron chi connectivity index (χ4n) is 1.92.